The fraction of sp³-hybridized carbons (Fsp3) is 0.188. The summed E-state index contributed by atoms with van der Waals surface area (Å²) in [6, 6.07) is 13.3. The fourth-order valence-corrected chi connectivity index (χ4v) is 2.88. The van der Waals surface area contributed by atoms with E-state index >= 15 is 0 Å². The van der Waals surface area contributed by atoms with Crippen LogP contribution in [-0.4, -0.2) is 17.4 Å². The maximum Gasteiger partial charge on any atom is 0.254 e. The summed E-state index contributed by atoms with van der Waals surface area (Å²) in [5, 5.41) is 1.05. The van der Waals surface area contributed by atoms with Crippen LogP contribution in [-0.2, 0) is 13.0 Å². The van der Waals surface area contributed by atoms with Crippen molar-refractivity contribution in [3.05, 3.63) is 69.2 Å². The molecule has 1 heterocycles. The van der Waals surface area contributed by atoms with Crippen LogP contribution < -0.4 is 0 Å². The van der Waals surface area contributed by atoms with E-state index < -0.39 is 0 Å². The van der Waals surface area contributed by atoms with Crippen LogP contribution in [0.3, 0.4) is 0 Å². The van der Waals surface area contributed by atoms with Gasteiger partial charge in [-0.05, 0) is 29.7 Å². The van der Waals surface area contributed by atoms with Gasteiger partial charge in [0.2, 0.25) is 0 Å². The maximum absolute atomic E-state index is 12.5. The fourth-order valence-electron chi connectivity index (χ4n) is 2.50. The van der Waals surface area contributed by atoms with Gasteiger partial charge >= 0.3 is 0 Å². The van der Waals surface area contributed by atoms with E-state index in [0.29, 0.717) is 23.1 Å². The Morgan fingerprint density at radius 2 is 1.85 bits per heavy atom. The van der Waals surface area contributed by atoms with Crippen molar-refractivity contribution >= 4 is 29.1 Å². The molecular formula is C16H13Cl2NO. The molecule has 102 valence electrons. The van der Waals surface area contributed by atoms with Crippen molar-refractivity contribution in [2.45, 2.75) is 13.0 Å². The van der Waals surface area contributed by atoms with E-state index in [1.54, 1.807) is 6.07 Å². The molecule has 4 heteroatoms. The Hall–Kier alpha value is -1.51. The molecule has 0 N–H and O–H groups in total. The number of fused-ring (bicyclic) bond motifs is 1. The van der Waals surface area contributed by atoms with E-state index in [1.807, 2.05) is 41.3 Å². The number of nitrogens with zero attached hydrogens (tertiary/aromatic N) is 1. The third-order valence-electron chi connectivity index (χ3n) is 3.58. The first-order chi connectivity index (χ1) is 9.66. The first kappa shape index (κ1) is 13.5. The number of hydrogen-bond acceptors (Lipinski definition) is 1. The smallest absolute Gasteiger partial charge is 0.254 e. The molecule has 0 fully saturated rings. The molecule has 0 radical (unpaired) electrons. The highest BCUT2D eigenvalue weighted by molar-refractivity contribution is 6.42. The topological polar surface area (TPSA) is 20.3 Å². The Balaban J connectivity index is 1.87. The van der Waals surface area contributed by atoms with Crippen LogP contribution in [0.15, 0.2) is 42.5 Å². The van der Waals surface area contributed by atoms with Crippen LogP contribution in [0.1, 0.15) is 21.5 Å². The normalized spacial score (nSPS) is 14.3. The van der Waals surface area contributed by atoms with Crippen LogP contribution in [0.4, 0.5) is 0 Å². The van der Waals surface area contributed by atoms with Gasteiger partial charge in [0.1, 0.15) is 0 Å². The van der Waals surface area contributed by atoms with E-state index in [-0.39, 0.29) is 5.91 Å². The minimum atomic E-state index is 0.0582. The van der Waals surface area contributed by atoms with Gasteiger partial charge in [-0.15, -0.1) is 0 Å². The molecule has 0 saturated carbocycles. The average molecular weight is 306 g/mol. The number of halogens is 2. The molecule has 20 heavy (non-hydrogen) atoms. The third-order valence-corrected chi connectivity index (χ3v) is 4.44. The van der Waals surface area contributed by atoms with E-state index in [4.69, 9.17) is 23.2 Å². The minimum absolute atomic E-state index is 0.0582. The van der Waals surface area contributed by atoms with E-state index in [9.17, 15) is 4.79 Å². The Labute approximate surface area is 127 Å². The van der Waals surface area contributed by atoms with E-state index in [1.165, 1.54) is 0 Å². The first-order valence-electron chi connectivity index (χ1n) is 6.47. The Morgan fingerprint density at radius 3 is 2.70 bits per heavy atom. The van der Waals surface area contributed by atoms with E-state index in [0.717, 1.165) is 23.1 Å². The summed E-state index contributed by atoms with van der Waals surface area (Å²) in [5.74, 6) is 0.0582. The molecule has 0 aromatic heterocycles. The van der Waals surface area contributed by atoms with Gasteiger partial charge in [-0.3, -0.25) is 4.79 Å². The minimum Gasteiger partial charge on any atom is -0.334 e. The predicted molar refractivity (Wildman–Crippen MR) is 81.3 cm³/mol. The number of carbonyl (C=O) groups excluding carboxylic acids is 1. The summed E-state index contributed by atoms with van der Waals surface area (Å²) in [7, 11) is 0. The lowest BCUT2D eigenvalue weighted by atomic mass is 9.99. The Bertz CT molecular complexity index is 669. The second kappa shape index (κ2) is 5.47. The van der Waals surface area contributed by atoms with Crippen molar-refractivity contribution in [1.82, 2.24) is 4.90 Å². The zero-order chi connectivity index (χ0) is 14.1. The molecule has 0 saturated heterocycles. The van der Waals surface area contributed by atoms with Gasteiger partial charge in [0.15, 0.2) is 0 Å². The quantitative estimate of drug-likeness (QED) is 0.814. The molecule has 1 aliphatic rings. The summed E-state index contributed by atoms with van der Waals surface area (Å²) in [4.78, 5) is 14.3. The van der Waals surface area contributed by atoms with Crippen molar-refractivity contribution in [3.63, 3.8) is 0 Å². The van der Waals surface area contributed by atoms with Crippen LogP contribution in [0.2, 0.25) is 10.0 Å². The standard InChI is InChI=1S/C16H13Cl2NO/c17-14-7-3-5-12(15(14)18)10-19-9-8-11-4-1-2-6-13(11)16(19)20/h1-7H,8-10H2. The highest BCUT2D eigenvalue weighted by atomic mass is 35.5. The molecular weight excluding hydrogens is 293 g/mol. The summed E-state index contributed by atoms with van der Waals surface area (Å²) in [6.07, 6.45) is 0.875. The molecule has 0 spiro atoms. The Morgan fingerprint density at radius 1 is 1.05 bits per heavy atom. The van der Waals surface area contributed by atoms with Crippen molar-refractivity contribution < 1.29 is 4.79 Å². The van der Waals surface area contributed by atoms with Gasteiger partial charge in [0.05, 0.1) is 10.0 Å². The molecule has 0 aliphatic carbocycles. The zero-order valence-corrected chi connectivity index (χ0v) is 12.3. The third kappa shape index (κ3) is 2.41. The van der Waals surface area contributed by atoms with Crippen LogP contribution in [0, 0.1) is 0 Å². The average Bonchev–Trinajstić information content (AvgIpc) is 2.47. The molecule has 2 nitrogen and oxygen atoms in total. The van der Waals surface area contributed by atoms with Gasteiger partial charge in [-0.1, -0.05) is 53.5 Å². The van der Waals surface area contributed by atoms with Crippen molar-refractivity contribution in [3.8, 4) is 0 Å². The summed E-state index contributed by atoms with van der Waals surface area (Å²) in [6.45, 7) is 1.20. The predicted octanol–water partition coefficient (Wildman–Crippen LogP) is 4.19. The van der Waals surface area contributed by atoms with Crippen molar-refractivity contribution in [2.75, 3.05) is 6.54 Å². The number of hydrogen-bond donors (Lipinski definition) is 0. The van der Waals surface area contributed by atoms with E-state index in [2.05, 4.69) is 0 Å². The number of amides is 1. The van der Waals surface area contributed by atoms with Crippen molar-refractivity contribution in [1.29, 1.82) is 0 Å². The molecule has 2 aromatic carbocycles. The highest BCUT2D eigenvalue weighted by Crippen LogP contribution is 2.28. The summed E-state index contributed by atoms with van der Waals surface area (Å²) in [5.41, 5.74) is 2.79. The zero-order valence-electron chi connectivity index (χ0n) is 10.8. The van der Waals surface area contributed by atoms with Gasteiger partial charge in [0, 0.05) is 18.7 Å². The lowest BCUT2D eigenvalue weighted by Gasteiger charge is -2.29. The van der Waals surface area contributed by atoms with Gasteiger partial charge in [0.25, 0.3) is 5.91 Å². The second-order valence-electron chi connectivity index (χ2n) is 4.85. The van der Waals surface area contributed by atoms with Crippen molar-refractivity contribution in [2.24, 2.45) is 0 Å². The monoisotopic (exact) mass is 305 g/mol. The maximum atomic E-state index is 12.5. The van der Waals surface area contributed by atoms with Gasteiger partial charge < -0.3 is 4.90 Å². The molecule has 1 aliphatic heterocycles. The summed E-state index contributed by atoms with van der Waals surface area (Å²) >= 11 is 12.2. The number of benzene rings is 2. The molecule has 1 amide bonds. The number of carbonyl (C=O) groups is 1. The molecule has 2 aromatic rings. The SMILES string of the molecule is O=C1c2ccccc2CCN1Cc1cccc(Cl)c1Cl. The number of rotatable bonds is 2. The van der Waals surface area contributed by atoms with Gasteiger partial charge in [-0.25, -0.2) is 0 Å². The Kier molecular flexibility index (Phi) is 3.68. The largest absolute Gasteiger partial charge is 0.334 e. The summed E-state index contributed by atoms with van der Waals surface area (Å²) < 4.78 is 0. The highest BCUT2D eigenvalue weighted by Gasteiger charge is 2.24. The lowest BCUT2D eigenvalue weighted by molar-refractivity contribution is 0.0727. The lowest BCUT2D eigenvalue weighted by Crippen LogP contribution is -2.37. The molecule has 0 unspecified atom stereocenters. The van der Waals surface area contributed by atoms with Crippen LogP contribution in [0.5, 0.6) is 0 Å². The second-order valence-corrected chi connectivity index (χ2v) is 5.63. The van der Waals surface area contributed by atoms with Gasteiger partial charge in [-0.2, -0.15) is 0 Å². The molecule has 0 bridgehead atoms. The van der Waals surface area contributed by atoms with Crippen LogP contribution in [0.25, 0.3) is 0 Å². The first-order valence-corrected chi connectivity index (χ1v) is 7.22. The molecule has 0 atom stereocenters. The molecule has 3 rings (SSSR count). The van der Waals surface area contributed by atoms with Crippen LogP contribution >= 0.6 is 23.2 Å².